The van der Waals surface area contributed by atoms with E-state index in [4.69, 9.17) is 21.6 Å². The zero-order chi connectivity index (χ0) is 22.6. The predicted octanol–water partition coefficient (Wildman–Crippen LogP) is 5.63. The molecule has 0 aliphatic carbocycles. The number of rotatable bonds is 7. The number of benzene rings is 2. The van der Waals surface area contributed by atoms with E-state index in [0.29, 0.717) is 6.54 Å². The summed E-state index contributed by atoms with van der Waals surface area (Å²) in [5, 5.41) is 11.1. The number of nitriles is 1. The lowest BCUT2D eigenvalue weighted by Crippen LogP contribution is -2.41. The predicted molar refractivity (Wildman–Crippen MR) is 133 cm³/mol. The summed E-state index contributed by atoms with van der Waals surface area (Å²) in [7, 11) is 0. The normalized spacial score (nSPS) is 14.1. The van der Waals surface area contributed by atoms with Crippen LogP contribution in [0.4, 0.5) is 0 Å². The molecule has 0 aromatic heterocycles. The van der Waals surface area contributed by atoms with Gasteiger partial charge in [0.25, 0.3) is 5.91 Å². The smallest absolute Gasteiger partial charge is 0.258 e. The van der Waals surface area contributed by atoms with Gasteiger partial charge in [0, 0.05) is 18.5 Å². The van der Waals surface area contributed by atoms with Gasteiger partial charge in [-0.3, -0.25) is 9.69 Å². The molecule has 7 heteroatoms. The third kappa shape index (κ3) is 8.35. The number of piperidine rings is 1. The van der Waals surface area contributed by atoms with Crippen molar-refractivity contribution < 1.29 is 9.53 Å². The Bertz CT molecular complexity index is 893. The molecule has 1 atom stereocenters. The number of nitrogens with one attached hydrogen (secondary N) is 1. The van der Waals surface area contributed by atoms with Crippen LogP contribution in [0.1, 0.15) is 48.9 Å². The Kier molecular flexibility index (Phi) is 12.8. The quantitative estimate of drug-likeness (QED) is 0.560. The molecule has 1 saturated heterocycles. The zero-order valence-electron chi connectivity index (χ0n) is 19.1. The first kappa shape index (κ1) is 27.8. The number of ether oxygens (including phenoxy) is 1. The van der Waals surface area contributed by atoms with Gasteiger partial charge in [0.2, 0.25) is 0 Å². The van der Waals surface area contributed by atoms with Crippen molar-refractivity contribution in [1.29, 1.82) is 5.26 Å². The van der Waals surface area contributed by atoms with Crippen LogP contribution in [0, 0.1) is 25.2 Å². The molecule has 0 radical (unpaired) electrons. The maximum atomic E-state index is 12.4. The van der Waals surface area contributed by atoms with Crippen LogP contribution in [-0.2, 0) is 4.79 Å². The van der Waals surface area contributed by atoms with Crippen molar-refractivity contribution in [3.05, 3.63) is 64.2 Å². The van der Waals surface area contributed by atoms with E-state index < -0.39 is 0 Å². The Morgan fingerprint density at radius 2 is 1.81 bits per heavy atom. The number of carbonyl (C=O) groups is 1. The van der Waals surface area contributed by atoms with Crippen LogP contribution >= 0.6 is 24.0 Å². The first-order valence-electron chi connectivity index (χ1n) is 10.7. The van der Waals surface area contributed by atoms with Crippen molar-refractivity contribution >= 4 is 29.9 Å². The Hall–Kier alpha value is -2.26. The number of amides is 1. The minimum absolute atomic E-state index is 0. The number of aryl methyl sites for hydroxylation is 1. The Morgan fingerprint density at radius 1 is 1.16 bits per heavy atom. The molecule has 174 valence electrons. The van der Waals surface area contributed by atoms with Gasteiger partial charge in [-0.2, -0.15) is 5.26 Å². The molecule has 5 nitrogen and oxygen atoms in total. The molecule has 3 rings (SSSR count). The average molecular weight is 478 g/mol. The second kappa shape index (κ2) is 14.7. The van der Waals surface area contributed by atoms with Gasteiger partial charge in [-0.1, -0.05) is 48.4 Å². The van der Waals surface area contributed by atoms with Crippen molar-refractivity contribution in [2.75, 3.05) is 26.2 Å². The Morgan fingerprint density at radius 3 is 2.47 bits per heavy atom. The molecule has 1 unspecified atom stereocenters. The summed E-state index contributed by atoms with van der Waals surface area (Å²) in [5.74, 6) is 0.642. The third-order valence-corrected chi connectivity index (χ3v) is 5.85. The second-order valence-electron chi connectivity index (χ2n) is 7.65. The van der Waals surface area contributed by atoms with Gasteiger partial charge in [0.05, 0.1) is 12.1 Å². The number of nitrogens with zero attached hydrogens (tertiary/aromatic N) is 2. The number of hydrogen-bond acceptors (Lipinski definition) is 4. The van der Waals surface area contributed by atoms with Crippen LogP contribution in [-0.4, -0.2) is 37.0 Å². The minimum Gasteiger partial charge on any atom is -0.483 e. The molecule has 2 aromatic rings. The molecule has 1 amide bonds. The lowest BCUT2D eigenvalue weighted by molar-refractivity contribution is -0.123. The van der Waals surface area contributed by atoms with E-state index in [2.05, 4.69) is 16.3 Å². The molecule has 0 saturated carbocycles. The first-order valence-corrected chi connectivity index (χ1v) is 11.1. The second-order valence-corrected chi connectivity index (χ2v) is 8.06. The summed E-state index contributed by atoms with van der Waals surface area (Å²) in [5.41, 5.74) is 3.29. The number of likely N-dealkylation sites (tertiary alicyclic amines) is 1. The van der Waals surface area contributed by atoms with Crippen molar-refractivity contribution in [2.24, 2.45) is 0 Å². The maximum Gasteiger partial charge on any atom is 0.258 e. The molecule has 0 spiro atoms. The molecule has 0 bridgehead atoms. The molecular weight excluding hydrogens is 445 g/mol. The van der Waals surface area contributed by atoms with E-state index >= 15 is 0 Å². The Labute approximate surface area is 203 Å². The van der Waals surface area contributed by atoms with E-state index in [0.717, 1.165) is 40.6 Å². The van der Waals surface area contributed by atoms with E-state index in [1.807, 2.05) is 50.2 Å². The van der Waals surface area contributed by atoms with Gasteiger partial charge < -0.3 is 10.1 Å². The summed E-state index contributed by atoms with van der Waals surface area (Å²) in [6.45, 7) is 8.08. The molecular formula is C25H33Cl2N3O2. The highest BCUT2D eigenvalue weighted by molar-refractivity contribution is 6.31. The van der Waals surface area contributed by atoms with E-state index in [1.54, 1.807) is 6.07 Å². The SMILES string of the molecule is CC#N.Cc1cccc(OCC(=O)NCC(c2ccccc2Cl)N2CCCCC2)c1C.Cl. The van der Waals surface area contributed by atoms with Gasteiger partial charge in [0.15, 0.2) is 6.61 Å². The zero-order valence-corrected chi connectivity index (χ0v) is 20.6. The van der Waals surface area contributed by atoms with Gasteiger partial charge in [-0.25, -0.2) is 0 Å². The third-order valence-electron chi connectivity index (χ3n) is 5.50. The van der Waals surface area contributed by atoms with Crippen LogP contribution in [0.3, 0.4) is 0 Å². The molecule has 32 heavy (non-hydrogen) atoms. The molecule has 1 N–H and O–H groups in total. The standard InChI is InChI=1S/C23H29ClN2O2.C2H3N.ClH/c1-17-9-8-12-22(18(17)2)28-16-23(27)25-15-21(26-13-6-3-7-14-26)19-10-4-5-11-20(19)24;1-2-3;/h4-5,8-12,21H,3,6-7,13-16H2,1-2H3,(H,25,27);1H3;1H. The largest absolute Gasteiger partial charge is 0.483 e. The Balaban J connectivity index is 0.00000121. The number of carbonyl (C=O) groups excluding carboxylic acids is 1. The monoisotopic (exact) mass is 477 g/mol. The molecule has 1 fully saturated rings. The highest BCUT2D eigenvalue weighted by atomic mass is 35.5. The van der Waals surface area contributed by atoms with Crippen molar-refractivity contribution in [2.45, 2.75) is 46.1 Å². The number of halogens is 2. The van der Waals surface area contributed by atoms with Gasteiger partial charge in [0.1, 0.15) is 5.75 Å². The minimum atomic E-state index is -0.116. The van der Waals surface area contributed by atoms with Gasteiger partial charge >= 0.3 is 0 Å². The molecule has 1 heterocycles. The average Bonchev–Trinajstić information content (AvgIpc) is 2.77. The van der Waals surface area contributed by atoms with Crippen LogP contribution in [0.15, 0.2) is 42.5 Å². The fourth-order valence-corrected chi connectivity index (χ4v) is 3.96. The lowest BCUT2D eigenvalue weighted by Gasteiger charge is -2.35. The summed E-state index contributed by atoms with van der Waals surface area (Å²) < 4.78 is 5.73. The summed E-state index contributed by atoms with van der Waals surface area (Å²) in [6.07, 6.45) is 3.64. The van der Waals surface area contributed by atoms with Gasteiger partial charge in [-0.15, -0.1) is 12.4 Å². The van der Waals surface area contributed by atoms with Crippen LogP contribution in [0.2, 0.25) is 5.02 Å². The summed E-state index contributed by atoms with van der Waals surface area (Å²) in [6, 6.07) is 15.6. The fourth-order valence-electron chi connectivity index (χ4n) is 3.70. The van der Waals surface area contributed by atoms with E-state index in [1.165, 1.54) is 26.2 Å². The molecule has 1 aliphatic rings. The van der Waals surface area contributed by atoms with Crippen molar-refractivity contribution in [1.82, 2.24) is 10.2 Å². The van der Waals surface area contributed by atoms with E-state index in [-0.39, 0.29) is 31.0 Å². The van der Waals surface area contributed by atoms with Crippen LogP contribution < -0.4 is 10.1 Å². The summed E-state index contributed by atoms with van der Waals surface area (Å²) >= 11 is 6.46. The lowest BCUT2D eigenvalue weighted by atomic mass is 10.0. The topological polar surface area (TPSA) is 65.4 Å². The first-order chi connectivity index (χ1) is 15.0. The molecule has 1 aliphatic heterocycles. The highest BCUT2D eigenvalue weighted by Gasteiger charge is 2.24. The molecule has 2 aromatic carbocycles. The maximum absolute atomic E-state index is 12.4. The van der Waals surface area contributed by atoms with Crippen LogP contribution in [0.5, 0.6) is 5.75 Å². The van der Waals surface area contributed by atoms with Crippen molar-refractivity contribution in [3.63, 3.8) is 0 Å². The fraction of sp³-hybridized carbons (Fsp3) is 0.440. The van der Waals surface area contributed by atoms with Gasteiger partial charge in [-0.05, 0) is 68.6 Å². The van der Waals surface area contributed by atoms with Crippen molar-refractivity contribution in [3.8, 4) is 11.8 Å². The number of hydrogen-bond donors (Lipinski definition) is 1. The van der Waals surface area contributed by atoms with Crippen LogP contribution in [0.25, 0.3) is 0 Å². The summed E-state index contributed by atoms with van der Waals surface area (Å²) in [4.78, 5) is 14.9. The van der Waals surface area contributed by atoms with E-state index in [9.17, 15) is 4.79 Å². The highest BCUT2D eigenvalue weighted by Crippen LogP contribution is 2.29.